The molecule has 0 atom stereocenters. The molecule has 0 aliphatic carbocycles. The summed E-state index contributed by atoms with van der Waals surface area (Å²) >= 11 is 0. The Morgan fingerprint density at radius 1 is 1.20 bits per heavy atom. The average molecular weight is 275 g/mol. The molecular formula is C14H21N5O. The smallest absolute Gasteiger partial charge is 0.157 e. The summed E-state index contributed by atoms with van der Waals surface area (Å²) in [5, 5.41) is 13.4. The van der Waals surface area contributed by atoms with Crippen LogP contribution in [0.4, 0.5) is 5.82 Å². The van der Waals surface area contributed by atoms with Crippen molar-refractivity contribution >= 4 is 11.5 Å². The van der Waals surface area contributed by atoms with Crippen LogP contribution >= 0.6 is 0 Å². The first-order valence-electron chi connectivity index (χ1n) is 7.10. The van der Waals surface area contributed by atoms with Crippen LogP contribution in [0, 0.1) is 13.8 Å². The van der Waals surface area contributed by atoms with E-state index in [1.807, 2.05) is 17.5 Å². The molecule has 108 valence electrons. The van der Waals surface area contributed by atoms with Gasteiger partial charge >= 0.3 is 0 Å². The normalized spacial score (nSPS) is 17.1. The Kier molecular flexibility index (Phi) is 3.58. The highest BCUT2D eigenvalue weighted by Crippen LogP contribution is 2.24. The van der Waals surface area contributed by atoms with Gasteiger partial charge in [0, 0.05) is 50.0 Å². The number of anilines is 1. The molecule has 0 unspecified atom stereocenters. The van der Waals surface area contributed by atoms with E-state index in [2.05, 4.69) is 26.8 Å². The SMILES string of the molecule is Cc1nc2ccnn2c(N2CCN(CCO)CC2)c1C. The summed E-state index contributed by atoms with van der Waals surface area (Å²) < 4.78 is 1.93. The van der Waals surface area contributed by atoms with Crippen LogP contribution in [-0.4, -0.2) is 63.9 Å². The van der Waals surface area contributed by atoms with Crippen molar-refractivity contribution in [2.75, 3.05) is 44.2 Å². The van der Waals surface area contributed by atoms with Gasteiger partial charge in [0.25, 0.3) is 0 Å². The van der Waals surface area contributed by atoms with E-state index in [9.17, 15) is 0 Å². The molecule has 1 N–H and O–H groups in total. The van der Waals surface area contributed by atoms with E-state index >= 15 is 0 Å². The van der Waals surface area contributed by atoms with E-state index in [-0.39, 0.29) is 6.61 Å². The minimum absolute atomic E-state index is 0.233. The predicted octanol–water partition coefficient (Wildman–Crippen LogP) is 0.460. The fourth-order valence-corrected chi connectivity index (χ4v) is 2.82. The zero-order valence-electron chi connectivity index (χ0n) is 12.1. The van der Waals surface area contributed by atoms with Gasteiger partial charge in [-0.05, 0) is 13.8 Å². The van der Waals surface area contributed by atoms with Crippen molar-refractivity contribution in [1.29, 1.82) is 0 Å². The lowest BCUT2D eigenvalue weighted by atomic mass is 10.2. The molecule has 0 bridgehead atoms. The van der Waals surface area contributed by atoms with Crippen LogP contribution in [0.5, 0.6) is 0 Å². The fourth-order valence-electron chi connectivity index (χ4n) is 2.82. The zero-order valence-corrected chi connectivity index (χ0v) is 12.1. The molecule has 0 amide bonds. The second kappa shape index (κ2) is 5.38. The molecule has 0 spiro atoms. The molecule has 1 aliphatic heterocycles. The number of aliphatic hydroxyl groups is 1. The number of nitrogens with zero attached hydrogens (tertiary/aromatic N) is 5. The van der Waals surface area contributed by atoms with E-state index in [1.165, 1.54) is 5.56 Å². The van der Waals surface area contributed by atoms with Crippen molar-refractivity contribution in [2.45, 2.75) is 13.8 Å². The van der Waals surface area contributed by atoms with Gasteiger partial charge in [0.2, 0.25) is 0 Å². The highest BCUT2D eigenvalue weighted by Gasteiger charge is 2.21. The molecule has 20 heavy (non-hydrogen) atoms. The van der Waals surface area contributed by atoms with Crippen LogP contribution in [0.1, 0.15) is 11.3 Å². The second-order valence-corrected chi connectivity index (χ2v) is 5.30. The first kappa shape index (κ1) is 13.3. The maximum Gasteiger partial charge on any atom is 0.157 e. The van der Waals surface area contributed by atoms with E-state index in [0.29, 0.717) is 0 Å². The largest absolute Gasteiger partial charge is 0.395 e. The fraction of sp³-hybridized carbons (Fsp3) is 0.571. The number of β-amino-alcohol motifs (C(OH)–C–C–N with tert-alkyl or cyclic N) is 1. The Labute approximate surface area is 118 Å². The minimum atomic E-state index is 0.233. The topological polar surface area (TPSA) is 56.9 Å². The summed E-state index contributed by atoms with van der Waals surface area (Å²) in [6, 6.07) is 1.94. The summed E-state index contributed by atoms with van der Waals surface area (Å²) in [5.41, 5.74) is 3.16. The summed E-state index contributed by atoms with van der Waals surface area (Å²) in [6.45, 7) is 9.02. The molecule has 6 heteroatoms. The van der Waals surface area contributed by atoms with E-state index in [0.717, 1.165) is 49.9 Å². The molecule has 6 nitrogen and oxygen atoms in total. The summed E-state index contributed by atoms with van der Waals surface area (Å²) in [7, 11) is 0. The monoisotopic (exact) mass is 275 g/mol. The van der Waals surface area contributed by atoms with Gasteiger partial charge in [-0.3, -0.25) is 4.90 Å². The third-order valence-corrected chi connectivity index (χ3v) is 4.07. The summed E-state index contributed by atoms with van der Waals surface area (Å²) in [4.78, 5) is 9.23. The van der Waals surface area contributed by atoms with Gasteiger partial charge in [0.05, 0.1) is 12.8 Å². The van der Waals surface area contributed by atoms with Crippen molar-refractivity contribution in [3.05, 3.63) is 23.5 Å². The minimum Gasteiger partial charge on any atom is -0.395 e. The molecule has 1 fully saturated rings. The molecule has 0 saturated carbocycles. The number of aromatic nitrogens is 3. The van der Waals surface area contributed by atoms with Crippen LogP contribution in [-0.2, 0) is 0 Å². The lowest BCUT2D eigenvalue weighted by Gasteiger charge is -2.36. The van der Waals surface area contributed by atoms with Gasteiger partial charge in [-0.15, -0.1) is 0 Å². The molecular weight excluding hydrogens is 254 g/mol. The summed E-state index contributed by atoms with van der Waals surface area (Å²) in [6.07, 6.45) is 1.80. The molecule has 3 rings (SSSR count). The van der Waals surface area contributed by atoms with Crippen LogP contribution in [0.2, 0.25) is 0 Å². The Morgan fingerprint density at radius 3 is 2.65 bits per heavy atom. The van der Waals surface area contributed by atoms with Gasteiger partial charge in [-0.25, -0.2) is 4.98 Å². The van der Waals surface area contributed by atoms with Gasteiger partial charge in [0.1, 0.15) is 5.82 Å². The molecule has 2 aromatic heterocycles. The number of piperazine rings is 1. The lowest BCUT2D eigenvalue weighted by Crippen LogP contribution is -2.48. The van der Waals surface area contributed by atoms with Crippen molar-refractivity contribution in [1.82, 2.24) is 19.5 Å². The van der Waals surface area contributed by atoms with Gasteiger partial charge in [-0.1, -0.05) is 0 Å². The molecule has 3 heterocycles. The van der Waals surface area contributed by atoms with E-state index in [4.69, 9.17) is 5.11 Å². The second-order valence-electron chi connectivity index (χ2n) is 5.30. The number of fused-ring (bicyclic) bond motifs is 1. The third kappa shape index (κ3) is 2.25. The van der Waals surface area contributed by atoms with E-state index in [1.54, 1.807) is 6.20 Å². The van der Waals surface area contributed by atoms with E-state index < -0.39 is 0 Å². The van der Waals surface area contributed by atoms with Crippen molar-refractivity contribution < 1.29 is 5.11 Å². The maximum absolute atomic E-state index is 9.02. The molecule has 1 saturated heterocycles. The van der Waals surface area contributed by atoms with Crippen LogP contribution in [0.3, 0.4) is 0 Å². The maximum atomic E-state index is 9.02. The standard InChI is InChI=1S/C14H21N5O/c1-11-12(2)16-13-3-4-15-19(13)14(11)18-7-5-17(6-8-18)9-10-20/h3-4,20H,5-10H2,1-2H3. The number of rotatable bonds is 3. The average Bonchev–Trinajstić information content (AvgIpc) is 2.89. The van der Waals surface area contributed by atoms with Crippen molar-refractivity contribution in [3.8, 4) is 0 Å². The van der Waals surface area contributed by atoms with Crippen molar-refractivity contribution in [3.63, 3.8) is 0 Å². The number of hydrogen-bond acceptors (Lipinski definition) is 5. The Morgan fingerprint density at radius 2 is 1.95 bits per heavy atom. The first-order valence-corrected chi connectivity index (χ1v) is 7.10. The highest BCUT2D eigenvalue weighted by molar-refractivity contribution is 5.56. The lowest BCUT2D eigenvalue weighted by molar-refractivity contribution is 0.188. The Balaban J connectivity index is 1.91. The Bertz CT molecular complexity index is 601. The zero-order chi connectivity index (χ0) is 14.1. The number of aliphatic hydroxyl groups excluding tert-OH is 1. The molecule has 1 aliphatic rings. The summed E-state index contributed by atoms with van der Waals surface area (Å²) in [5.74, 6) is 1.15. The number of hydrogen-bond donors (Lipinski definition) is 1. The predicted molar refractivity (Wildman–Crippen MR) is 78.2 cm³/mol. The van der Waals surface area contributed by atoms with Crippen LogP contribution in [0.15, 0.2) is 12.3 Å². The van der Waals surface area contributed by atoms with Crippen LogP contribution < -0.4 is 4.90 Å². The Hall–Kier alpha value is -1.66. The molecule has 2 aromatic rings. The number of aryl methyl sites for hydroxylation is 1. The highest BCUT2D eigenvalue weighted by atomic mass is 16.3. The van der Waals surface area contributed by atoms with Gasteiger partial charge < -0.3 is 10.0 Å². The molecule has 0 aromatic carbocycles. The first-order chi connectivity index (χ1) is 9.70. The van der Waals surface area contributed by atoms with Gasteiger partial charge in [-0.2, -0.15) is 9.61 Å². The molecule has 0 radical (unpaired) electrons. The quantitative estimate of drug-likeness (QED) is 0.882. The van der Waals surface area contributed by atoms with Crippen molar-refractivity contribution in [2.24, 2.45) is 0 Å². The van der Waals surface area contributed by atoms with Crippen LogP contribution in [0.25, 0.3) is 5.65 Å². The third-order valence-electron chi connectivity index (χ3n) is 4.07. The van der Waals surface area contributed by atoms with Gasteiger partial charge in [0.15, 0.2) is 5.65 Å².